The van der Waals surface area contributed by atoms with Crippen LogP contribution in [-0.2, 0) is 19.1 Å². The summed E-state index contributed by atoms with van der Waals surface area (Å²) in [7, 11) is -0.304. The molecule has 0 amide bonds. The highest BCUT2D eigenvalue weighted by Gasteiger charge is 2.38. The lowest BCUT2D eigenvalue weighted by molar-refractivity contribution is -0.139. The van der Waals surface area contributed by atoms with Crippen molar-refractivity contribution in [1.82, 2.24) is 0 Å². The molecule has 0 N–H and O–H groups in total. The Bertz CT molecular complexity index is 970. The molecule has 1 atom stereocenters. The van der Waals surface area contributed by atoms with Crippen molar-refractivity contribution in [3.05, 3.63) is 28.8 Å². The fourth-order valence-corrected chi connectivity index (χ4v) is 13.6. The van der Waals surface area contributed by atoms with E-state index in [-0.39, 0.29) is 23.5 Å². The van der Waals surface area contributed by atoms with E-state index < -0.39 is 22.6 Å². The predicted molar refractivity (Wildman–Crippen MR) is 137 cm³/mol. The van der Waals surface area contributed by atoms with Gasteiger partial charge in [-0.05, 0) is 85.4 Å². The van der Waals surface area contributed by atoms with Crippen LogP contribution in [0.2, 0.25) is 38.8 Å². The molecule has 0 saturated heterocycles. The summed E-state index contributed by atoms with van der Waals surface area (Å²) in [4.78, 5) is 13.0. The average molecular weight is 490 g/mol. The lowest BCUT2D eigenvalue weighted by Gasteiger charge is -2.33. The normalized spacial score (nSPS) is 17.6. The first kappa shape index (κ1) is 27.2. The highest BCUT2D eigenvalue weighted by atomic mass is 28.4. The molecule has 33 heavy (non-hydrogen) atoms. The van der Waals surface area contributed by atoms with E-state index in [1.165, 1.54) is 0 Å². The molecule has 1 aromatic carbocycles. The monoisotopic (exact) mass is 489 g/mol. The van der Waals surface area contributed by atoms with Crippen LogP contribution in [0.3, 0.4) is 0 Å². The lowest BCUT2D eigenvalue weighted by Crippen LogP contribution is -2.43. The molecule has 0 aromatic heterocycles. The van der Waals surface area contributed by atoms with Crippen LogP contribution in [0.15, 0.2) is 17.7 Å². The Hall–Kier alpha value is -2.09. The molecular formula is C25H39NO5Si2. The minimum absolute atomic E-state index is 0.0658. The maximum Gasteiger partial charge on any atom is 0.349 e. The van der Waals surface area contributed by atoms with Crippen LogP contribution >= 0.6 is 0 Å². The number of fused-ring (bicyclic) bond motifs is 1. The van der Waals surface area contributed by atoms with Crippen molar-refractivity contribution in [2.45, 2.75) is 71.4 Å². The van der Waals surface area contributed by atoms with Gasteiger partial charge in [0.05, 0.1) is 20.8 Å². The van der Waals surface area contributed by atoms with Crippen molar-refractivity contribution < 1.29 is 23.1 Å². The van der Waals surface area contributed by atoms with E-state index in [9.17, 15) is 10.1 Å². The smallest absolute Gasteiger partial charge is 0.349 e. The molecule has 8 heteroatoms. The van der Waals surface area contributed by atoms with Crippen LogP contribution in [0.5, 0.6) is 11.5 Å². The van der Waals surface area contributed by atoms with E-state index in [1.54, 1.807) is 14.2 Å². The quantitative estimate of drug-likeness (QED) is 0.186. The van der Waals surface area contributed by atoms with Crippen molar-refractivity contribution in [3.63, 3.8) is 0 Å². The fraction of sp³-hybridized carbons (Fsp3) is 0.600. The zero-order valence-electron chi connectivity index (χ0n) is 21.8. The molecule has 0 heterocycles. The molecule has 0 spiro atoms. The van der Waals surface area contributed by atoms with Crippen LogP contribution < -0.4 is 9.47 Å². The van der Waals surface area contributed by atoms with Crippen molar-refractivity contribution in [1.29, 1.82) is 5.26 Å². The highest BCUT2D eigenvalue weighted by molar-refractivity contribution is 6.84. The average Bonchev–Trinajstić information content (AvgIpc) is 2.93. The van der Waals surface area contributed by atoms with E-state index in [2.05, 4.69) is 59.6 Å². The van der Waals surface area contributed by atoms with Gasteiger partial charge in [0.15, 0.2) is 28.1 Å². The molecule has 182 valence electrons. The van der Waals surface area contributed by atoms with Gasteiger partial charge < -0.3 is 18.3 Å². The van der Waals surface area contributed by atoms with Crippen molar-refractivity contribution in [3.8, 4) is 17.6 Å². The first-order chi connectivity index (χ1) is 15.1. The van der Waals surface area contributed by atoms with Crippen molar-refractivity contribution in [2.24, 2.45) is 5.92 Å². The summed E-state index contributed by atoms with van der Waals surface area (Å²) in [5.41, 5.74) is 2.39. The summed E-state index contributed by atoms with van der Waals surface area (Å²) < 4.78 is 23.0. The van der Waals surface area contributed by atoms with E-state index in [0.717, 1.165) is 17.2 Å². The molecule has 0 radical (unpaired) electrons. The maximum absolute atomic E-state index is 13.0. The van der Waals surface area contributed by atoms with E-state index >= 15 is 0 Å². The van der Waals surface area contributed by atoms with Crippen molar-refractivity contribution in [2.75, 3.05) is 20.8 Å². The number of methoxy groups -OCH3 is 2. The molecule has 0 fully saturated rings. The van der Waals surface area contributed by atoms with Gasteiger partial charge >= 0.3 is 5.97 Å². The second kappa shape index (κ2) is 10.0. The molecule has 2 rings (SSSR count). The third kappa shape index (κ3) is 6.72. The van der Waals surface area contributed by atoms with Crippen LogP contribution in [0, 0.1) is 17.2 Å². The fourth-order valence-electron chi connectivity index (χ4n) is 4.84. The van der Waals surface area contributed by atoms with Gasteiger partial charge in [0.25, 0.3) is 0 Å². The van der Waals surface area contributed by atoms with Crippen molar-refractivity contribution >= 4 is 28.2 Å². The summed E-state index contributed by atoms with van der Waals surface area (Å²) in [6.07, 6.45) is 0.566. The Morgan fingerprint density at radius 2 is 1.70 bits per heavy atom. The number of hydrogen-bond donors (Lipinski definition) is 0. The van der Waals surface area contributed by atoms with Crippen LogP contribution in [-0.4, -0.2) is 43.4 Å². The van der Waals surface area contributed by atoms with Gasteiger partial charge in [0, 0.05) is 0 Å². The Labute approximate surface area is 201 Å². The molecule has 1 aliphatic rings. The van der Waals surface area contributed by atoms with Crippen LogP contribution in [0.4, 0.5) is 0 Å². The number of esters is 1. The number of allylic oxidation sites excluding steroid dienone is 1. The summed E-state index contributed by atoms with van der Waals surface area (Å²) in [6.45, 7) is 17.6. The second-order valence-corrected chi connectivity index (χ2v) is 20.1. The topological polar surface area (TPSA) is 77.8 Å². The number of rotatable bonds is 9. The van der Waals surface area contributed by atoms with Gasteiger partial charge in [0.2, 0.25) is 0 Å². The Kier molecular flexibility index (Phi) is 8.26. The zero-order valence-corrected chi connectivity index (χ0v) is 23.8. The molecule has 0 aliphatic heterocycles. The van der Waals surface area contributed by atoms with E-state index in [1.807, 2.05) is 12.1 Å². The number of ether oxygens (including phenoxy) is 3. The standard InChI is InChI=1S/C25H39NO5Si2/c1-17(16-33(9,10)31-32(6,7)8)15-30-24(27)20(14-26)19-13-25(2,3)21-12-23(29-5)22(28-4)11-18(19)21/h11-12,17H,13,15-16H2,1-10H3. The maximum atomic E-state index is 13.0. The minimum Gasteiger partial charge on any atom is -0.493 e. The molecule has 6 nitrogen and oxygen atoms in total. The largest absolute Gasteiger partial charge is 0.493 e. The molecule has 0 saturated carbocycles. The third-order valence-corrected chi connectivity index (χ3v) is 12.1. The third-order valence-electron chi connectivity index (χ3n) is 5.74. The number of benzene rings is 1. The molecule has 1 unspecified atom stereocenters. The molecular weight excluding hydrogens is 450 g/mol. The first-order valence-corrected chi connectivity index (χ1v) is 17.9. The number of hydrogen-bond acceptors (Lipinski definition) is 6. The summed E-state index contributed by atoms with van der Waals surface area (Å²) in [6, 6.07) is 6.81. The van der Waals surface area contributed by atoms with Crippen LogP contribution in [0.25, 0.3) is 5.57 Å². The predicted octanol–water partition coefficient (Wildman–Crippen LogP) is 5.90. The first-order valence-electron chi connectivity index (χ1n) is 11.4. The Morgan fingerprint density at radius 3 is 2.21 bits per heavy atom. The summed E-state index contributed by atoms with van der Waals surface area (Å²) in [5, 5.41) is 9.89. The van der Waals surface area contributed by atoms with Gasteiger partial charge in [-0.1, -0.05) is 20.8 Å². The molecule has 1 aromatic rings. The van der Waals surface area contributed by atoms with Gasteiger partial charge in [-0.15, -0.1) is 0 Å². The van der Waals surface area contributed by atoms with E-state index in [4.69, 9.17) is 18.3 Å². The number of carbonyl (C=O) groups excluding carboxylic acids is 1. The molecule has 0 bridgehead atoms. The van der Waals surface area contributed by atoms with Gasteiger partial charge in [0.1, 0.15) is 11.6 Å². The second-order valence-electron chi connectivity index (χ2n) is 11.2. The lowest BCUT2D eigenvalue weighted by atomic mass is 9.86. The number of carbonyl (C=O) groups is 1. The number of nitrogens with zero attached hydrogens (tertiary/aromatic N) is 1. The van der Waals surface area contributed by atoms with Gasteiger partial charge in [-0.2, -0.15) is 5.26 Å². The van der Waals surface area contributed by atoms with E-state index in [0.29, 0.717) is 23.5 Å². The van der Waals surface area contributed by atoms with Gasteiger partial charge in [-0.25, -0.2) is 4.79 Å². The Balaban J connectivity index is 2.26. The summed E-state index contributed by atoms with van der Waals surface area (Å²) in [5.74, 6) is 0.796. The summed E-state index contributed by atoms with van der Waals surface area (Å²) >= 11 is 0. The molecule has 1 aliphatic carbocycles. The van der Waals surface area contributed by atoms with Gasteiger partial charge in [-0.3, -0.25) is 0 Å². The highest BCUT2D eigenvalue weighted by Crippen LogP contribution is 2.50. The number of nitriles is 1. The minimum atomic E-state index is -1.85. The zero-order chi connectivity index (χ0) is 25.2. The van der Waals surface area contributed by atoms with Crippen LogP contribution in [0.1, 0.15) is 38.3 Å². The SMILES string of the molecule is COc1cc2c(cc1OC)C(C)(C)CC2=C(C#N)C(=O)OCC(C)C[Si](C)(C)O[Si](C)(C)C. The Morgan fingerprint density at radius 1 is 1.12 bits per heavy atom.